The summed E-state index contributed by atoms with van der Waals surface area (Å²) in [6, 6.07) is 12.5. The van der Waals surface area contributed by atoms with Crippen molar-refractivity contribution in [3.63, 3.8) is 0 Å². The Balaban J connectivity index is 2.14. The van der Waals surface area contributed by atoms with E-state index in [9.17, 15) is 0 Å². The minimum atomic E-state index is 0.648. The van der Waals surface area contributed by atoms with Gasteiger partial charge in [0.05, 0.1) is 11.1 Å². The van der Waals surface area contributed by atoms with Gasteiger partial charge in [-0.25, -0.2) is 0 Å². The maximum atomic E-state index is 5.74. The van der Waals surface area contributed by atoms with E-state index < -0.39 is 0 Å². The van der Waals surface area contributed by atoms with Crippen molar-refractivity contribution >= 4 is 49.3 Å². The Morgan fingerprint density at radius 2 is 1.86 bits per heavy atom. The molecule has 0 aliphatic carbocycles. The molecule has 0 fully saturated rings. The lowest BCUT2D eigenvalue weighted by molar-refractivity contribution is 0.334. The van der Waals surface area contributed by atoms with Crippen LogP contribution in [0.3, 0.4) is 0 Å². The van der Waals surface area contributed by atoms with Gasteiger partial charge in [-0.1, -0.05) is 15.9 Å². The van der Waals surface area contributed by atoms with Crippen LogP contribution in [0.5, 0.6) is 5.75 Å². The van der Waals surface area contributed by atoms with Crippen LogP contribution in [0.25, 0.3) is 0 Å². The van der Waals surface area contributed by atoms with Crippen molar-refractivity contribution < 1.29 is 4.74 Å². The summed E-state index contributed by atoms with van der Waals surface area (Å²) in [4.78, 5) is 1.26. The zero-order valence-electron chi connectivity index (χ0n) is 12.0. The minimum Gasteiger partial charge on any atom is -0.492 e. The smallest absolute Gasteiger partial charge is 0.138 e. The van der Waals surface area contributed by atoms with Crippen molar-refractivity contribution in [3.8, 4) is 5.75 Å². The highest BCUT2D eigenvalue weighted by molar-refractivity contribution is 9.11. The molecule has 0 saturated heterocycles. The van der Waals surface area contributed by atoms with Crippen molar-refractivity contribution in [3.05, 3.63) is 50.9 Å². The molecule has 2 aromatic rings. The fourth-order valence-corrected chi connectivity index (χ4v) is 3.79. The molecule has 0 heterocycles. The molecule has 0 unspecified atom stereocenters. The number of anilines is 1. The second-order valence-electron chi connectivity index (χ2n) is 4.39. The van der Waals surface area contributed by atoms with Gasteiger partial charge in [0.15, 0.2) is 0 Å². The lowest BCUT2D eigenvalue weighted by Crippen LogP contribution is -2.04. The van der Waals surface area contributed by atoms with Gasteiger partial charge in [-0.15, -0.1) is 11.8 Å². The first-order valence-electron chi connectivity index (χ1n) is 6.62. The molecule has 0 aliphatic rings. The highest BCUT2D eigenvalue weighted by Gasteiger charge is 2.10. The van der Waals surface area contributed by atoms with Crippen LogP contribution in [0.2, 0.25) is 0 Å². The van der Waals surface area contributed by atoms with E-state index in [1.165, 1.54) is 4.90 Å². The Morgan fingerprint density at radius 3 is 2.48 bits per heavy atom. The zero-order valence-corrected chi connectivity index (χ0v) is 15.9. The molecule has 0 amide bonds. The van der Waals surface area contributed by atoms with Crippen LogP contribution in [0, 0.1) is 0 Å². The minimum absolute atomic E-state index is 0.648. The second-order valence-corrected chi connectivity index (χ2v) is 7.04. The van der Waals surface area contributed by atoms with Crippen LogP contribution in [0.4, 0.5) is 5.69 Å². The Kier molecular flexibility index (Phi) is 6.45. The number of hydrogen-bond acceptors (Lipinski definition) is 3. The average Bonchev–Trinajstić information content (AvgIpc) is 2.48. The van der Waals surface area contributed by atoms with Crippen LogP contribution in [-0.4, -0.2) is 12.9 Å². The van der Waals surface area contributed by atoms with Gasteiger partial charge in [0.2, 0.25) is 0 Å². The molecule has 0 radical (unpaired) electrons. The van der Waals surface area contributed by atoms with Gasteiger partial charge in [0.25, 0.3) is 0 Å². The molecule has 0 aliphatic heterocycles. The van der Waals surface area contributed by atoms with Gasteiger partial charge in [0, 0.05) is 27.2 Å². The van der Waals surface area contributed by atoms with Gasteiger partial charge in [0.1, 0.15) is 5.75 Å². The Bertz CT molecular complexity index is 602. The van der Waals surface area contributed by atoms with Crippen molar-refractivity contribution in [2.45, 2.75) is 18.4 Å². The number of ether oxygens (including phenoxy) is 1. The fraction of sp³-hybridized carbons (Fsp3) is 0.250. The van der Waals surface area contributed by atoms with E-state index in [2.05, 4.69) is 73.8 Å². The molecular formula is C16H17Br2NOS. The summed E-state index contributed by atoms with van der Waals surface area (Å²) in [5, 5.41) is 3.43. The van der Waals surface area contributed by atoms with Crippen molar-refractivity contribution in [2.75, 3.05) is 18.2 Å². The van der Waals surface area contributed by atoms with Gasteiger partial charge in [-0.05, 0) is 65.5 Å². The zero-order chi connectivity index (χ0) is 15.2. The number of benzene rings is 2. The summed E-state index contributed by atoms with van der Waals surface area (Å²) < 4.78 is 7.74. The summed E-state index contributed by atoms with van der Waals surface area (Å²) >= 11 is 8.83. The second kappa shape index (κ2) is 8.11. The molecule has 5 heteroatoms. The average molecular weight is 431 g/mol. The maximum absolute atomic E-state index is 5.74. The van der Waals surface area contributed by atoms with Crippen molar-refractivity contribution in [1.82, 2.24) is 0 Å². The quantitative estimate of drug-likeness (QED) is 0.572. The first kappa shape index (κ1) is 16.7. The van der Waals surface area contributed by atoms with E-state index >= 15 is 0 Å². The van der Waals surface area contributed by atoms with E-state index in [1.54, 1.807) is 11.8 Å². The SMILES string of the molecule is CCOc1c(Br)cc(Br)cc1CNc1ccc(SC)cc1. The van der Waals surface area contributed by atoms with Crippen molar-refractivity contribution in [2.24, 2.45) is 0 Å². The molecule has 112 valence electrons. The van der Waals surface area contributed by atoms with E-state index in [4.69, 9.17) is 4.74 Å². The molecule has 1 N–H and O–H groups in total. The lowest BCUT2D eigenvalue weighted by Gasteiger charge is -2.14. The number of rotatable bonds is 6. The predicted molar refractivity (Wildman–Crippen MR) is 98.6 cm³/mol. The molecule has 0 atom stereocenters. The number of nitrogens with one attached hydrogen (secondary N) is 1. The topological polar surface area (TPSA) is 21.3 Å². The van der Waals surface area contributed by atoms with Gasteiger partial charge >= 0.3 is 0 Å². The van der Waals surface area contributed by atoms with Gasteiger partial charge < -0.3 is 10.1 Å². The normalized spacial score (nSPS) is 10.5. The Labute approximate surface area is 146 Å². The third-order valence-corrected chi connectivity index (χ3v) is 4.74. The third-order valence-electron chi connectivity index (χ3n) is 2.95. The first-order chi connectivity index (χ1) is 10.1. The van der Waals surface area contributed by atoms with E-state index in [1.807, 2.05) is 13.0 Å². The molecule has 21 heavy (non-hydrogen) atoms. The van der Waals surface area contributed by atoms with Crippen LogP contribution < -0.4 is 10.1 Å². The molecule has 2 nitrogen and oxygen atoms in total. The predicted octanol–water partition coefficient (Wildman–Crippen LogP) is 5.94. The van der Waals surface area contributed by atoms with E-state index in [0.717, 1.165) is 25.9 Å². The molecule has 2 aromatic carbocycles. The summed E-state index contributed by atoms with van der Waals surface area (Å²) in [7, 11) is 0. The Hall–Kier alpha value is -0.650. The van der Waals surface area contributed by atoms with Crippen LogP contribution >= 0.6 is 43.6 Å². The van der Waals surface area contributed by atoms with Gasteiger partial charge in [-0.2, -0.15) is 0 Å². The van der Waals surface area contributed by atoms with Crippen LogP contribution in [0.15, 0.2) is 50.2 Å². The standard InChI is InChI=1S/C16H17Br2NOS/c1-3-20-16-11(8-12(17)9-15(16)18)10-19-13-4-6-14(21-2)7-5-13/h4-9,19H,3,10H2,1-2H3. The highest BCUT2D eigenvalue weighted by atomic mass is 79.9. The monoisotopic (exact) mass is 429 g/mol. The largest absolute Gasteiger partial charge is 0.492 e. The number of hydrogen-bond donors (Lipinski definition) is 1. The molecule has 2 rings (SSSR count). The van der Waals surface area contributed by atoms with Crippen molar-refractivity contribution in [1.29, 1.82) is 0 Å². The summed E-state index contributed by atoms with van der Waals surface area (Å²) in [5.41, 5.74) is 2.22. The van der Waals surface area contributed by atoms with Gasteiger partial charge in [-0.3, -0.25) is 0 Å². The molecule has 0 aromatic heterocycles. The third kappa shape index (κ3) is 4.66. The summed E-state index contributed by atoms with van der Waals surface area (Å²) in [6.45, 7) is 3.36. The fourth-order valence-electron chi connectivity index (χ4n) is 1.96. The first-order valence-corrected chi connectivity index (χ1v) is 9.43. The van der Waals surface area contributed by atoms with Crippen LogP contribution in [0.1, 0.15) is 12.5 Å². The molecule has 0 spiro atoms. The number of halogens is 2. The number of thioether (sulfide) groups is 1. The van der Waals surface area contributed by atoms with E-state index in [0.29, 0.717) is 13.2 Å². The molecule has 0 saturated carbocycles. The van der Waals surface area contributed by atoms with Crippen LogP contribution in [-0.2, 0) is 6.54 Å². The van der Waals surface area contributed by atoms with E-state index in [-0.39, 0.29) is 0 Å². The maximum Gasteiger partial charge on any atom is 0.138 e. The highest BCUT2D eigenvalue weighted by Crippen LogP contribution is 2.33. The summed E-state index contributed by atoms with van der Waals surface area (Å²) in [6.07, 6.45) is 2.08. The Morgan fingerprint density at radius 1 is 1.14 bits per heavy atom. The lowest BCUT2D eigenvalue weighted by atomic mass is 10.2. The molecular weight excluding hydrogens is 414 g/mol. The molecule has 0 bridgehead atoms. The summed E-state index contributed by atoms with van der Waals surface area (Å²) in [5.74, 6) is 0.897.